The van der Waals surface area contributed by atoms with Crippen LogP contribution in [0.25, 0.3) is 0 Å². The molecule has 0 atom stereocenters. The van der Waals surface area contributed by atoms with Gasteiger partial charge in [-0.3, -0.25) is 0 Å². The summed E-state index contributed by atoms with van der Waals surface area (Å²) >= 11 is 5.78. The van der Waals surface area contributed by atoms with Crippen LogP contribution in [0.1, 0.15) is 16.8 Å². The topological polar surface area (TPSA) is 83.9 Å². The third-order valence-electron chi connectivity index (χ3n) is 2.70. The van der Waals surface area contributed by atoms with Gasteiger partial charge in [-0.1, -0.05) is 11.6 Å². The van der Waals surface area contributed by atoms with Gasteiger partial charge in [-0.05, 0) is 24.6 Å². The van der Waals surface area contributed by atoms with Gasteiger partial charge in [0.1, 0.15) is 0 Å². The molecule has 0 fully saturated rings. The lowest BCUT2D eigenvalue weighted by Crippen LogP contribution is -2.28. The fourth-order valence-electron chi connectivity index (χ4n) is 1.56. The van der Waals surface area contributed by atoms with E-state index < -0.39 is 16.0 Å². The Balaban J connectivity index is 2.98. The maximum atomic E-state index is 12.2. The third-order valence-corrected chi connectivity index (χ3v) is 4.87. The first-order chi connectivity index (χ1) is 9.30. The van der Waals surface area contributed by atoms with E-state index >= 15 is 0 Å². The van der Waals surface area contributed by atoms with Gasteiger partial charge < -0.3 is 9.84 Å². The van der Waals surface area contributed by atoms with Crippen LogP contribution in [0.4, 0.5) is 0 Å². The van der Waals surface area contributed by atoms with Crippen molar-refractivity contribution in [1.82, 2.24) is 4.31 Å². The summed E-state index contributed by atoms with van der Waals surface area (Å²) in [6.07, 6.45) is 0.563. The van der Waals surface area contributed by atoms with Crippen molar-refractivity contribution in [2.75, 3.05) is 27.3 Å². The molecule has 1 aromatic rings. The molecule has 1 rings (SSSR count). The van der Waals surface area contributed by atoms with Gasteiger partial charge in [0.05, 0.1) is 15.5 Å². The molecule has 0 aliphatic heterocycles. The van der Waals surface area contributed by atoms with Crippen molar-refractivity contribution in [2.45, 2.75) is 11.3 Å². The average molecular weight is 322 g/mol. The molecule has 20 heavy (non-hydrogen) atoms. The molecule has 1 N–H and O–H groups in total. The summed E-state index contributed by atoms with van der Waals surface area (Å²) < 4.78 is 30.5. The summed E-state index contributed by atoms with van der Waals surface area (Å²) in [5.74, 6) is -1.20. The van der Waals surface area contributed by atoms with Gasteiger partial charge in [0.15, 0.2) is 0 Å². The number of sulfonamides is 1. The molecular weight excluding hydrogens is 306 g/mol. The molecule has 112 valence electrons. The molecule has 0 heterocycles. The first-order valence-electron chi connectivity index (χ1n) is 5.79. The number of carboxylic acids is 1. The Labute approximate surface area is 123 Å². The van der Waals surface area contributed by atoms with Crippen LogP contribution in [-0.2, 0) is 14.8 Å². The molecular formula is C12H16ClNO5S. The van der Waals surface area contributed by atoms with Crippen LogP contribution in [0.15, 0.2) is 23.1 Å². The van der Waals surface area contributed by atoms with Crippen LogP contribution in [0, 0.1) is 0 Å². The van der Waals surface area contributed by atoms with Crippen LogP contribution in [0.2, 0.25) is 5.02 Å². The van der Waals surface area contributed by atoms with E-state index in [4.69, 9.17) is 21.4 Å². The Kier molecular flexibility index (Phi) is 5.94. The average Bonchev–Trinajstić information content (AvgIpc) is 2.38. The van der Waals surface area contributed by atoms with Crippen molar-refractivity contribution in [1.29, 1.82) is 0 Å². The van der Waals surface area contributed by atoms with Crippen LogP contribution in [0.3, 0.4) is 0 Å². The zero-order valence-electron chi connectivity index (χ0n) is 11.2. The molecule has 0 spiro atoms. The zero-order valence-corrected chi connectivity index (χ0v) is 12.7. The van der Waals surface area contributed by atoms with E-state index in [9.17, 15) is 13.2 Å². The fraction of sp³-hybridized carbons (Fsp3) is 0.417. The van der Waals surface area contributed by atoms with E-state index in [1.807, 2.05) is 0 Å². The summed E-state index contributed by atoms with van der Waals surface area (Å²) in [6.45, 7) is 0.757. The first-order valence-corrected chi connectivity index (χ1v) is 7.60. The number of carboxylic acid groups (broad SMARTS) is 1. The zero-order chi connectivity index (χ0) is 15.3. The van der Waals surface area contributed by atoms with E-state index in [0.29, 0.717) is 19.6 Å². The van der Waals surface area contributed by atoms with E-state index in [0.717, 1.165) is 6.07 Å². The number of ether oxygens (including phenoxy) is 1. The van der Waals surface area contributed by atoms with Crippen LogP contribution < -0.4 is 0 Å². The number of hydrogen-bond acceptors (Lipinski definition) is 4. The van der Waals surface area contributed by atoms with Crippen molar-refractivity contribution in [2.24, 2.45) is 0 Å². The second-order valence-electron chi connectivity index (χ2n) is 4.12. The molecule has 1 aromatic carbocycles. The Bertz CT molecular complexity index is 588. The molecule has 0 aromatic heterocycles. The molecule has 0 bridgehead atoms. The predicted molar refractivity (Wildman–Crippen MR) is 74.7 cm³/mol. The molecule has 0 radical (unpaired) electrons. The molecule has 6 nitrogen and oxygen atoms in total. The second kappa shape index (κ2) is 7.03. The van der Waals surface area contributed by atoms with Gasteiger partial charge in [-0.25, -0.2) is 17.5 Å². The van der Waals surface area contributed by atoms with Crippen molar-refractivity contribution in [3.05, 3.63) is 28.8 Å². The Morgan fingerprint density at radius 1 is 1.45 bits per heavy atom. The van der Waals surface area contributed by atoms with Gasteiger partial charge >= 0.3 is 5.97 Å². The minimum absolute atomic E-state index is 0.0348. The fourth-order valence-corrected chi connectivity index (χ4v) is 3.12. The van der Waals surface area contributed by atoms with Crippen LogP contribution >= 0.6 is 11.6 Å². The standard InChI is InChI=1S/C12H16ClNO5S/c1-14(6-3-7-19-2)20(17,18)9-4-5-10(12(15)16)11(13)8-9/h4-5,8H,3,6-7H2,1-2H3,(H,15,16). The summed E-state index contributed by atoms with van der Waals surface area (Å²) in [4.78, 5) is 10.8. The summed E-state index contributed by atoms with van der Waals surface area (Å²) in [5, 5.41) is 8.75. The van der Waals surface area contributed by atoms with Gasteiger partial charge in [0.2, 0.25) is 10.0 Å². The lowest BCUT2D eigenvalue weighted by molar-refractivity contribution is 0.0697. The van der Waals surface area contributed by atoms with Crippen molar-refractivity contribution < 1.29 is 23.1 Å². The highest BCUT2D eigenvalue weighted by atomic mass is 35.5. The minimum atomic E-state index is -3.68. The number of aromatic carboxylic acids is 1. The van der Waals surface area contributed by atoms with Crippen LogP contribution in [0.5, 0.6) is 0 Å². The van der Waals surface area contributed by atoms with Crippen molar-refractivity contribution in [3.63, 3.8) is 0 Å². The van der Waals surface area contributed by atoms with Gasteiger partial charge in [-0.2, -0.15) is 0 Å². The maximum absolute atomic E-state index is 12.2. The van der Waals surface area contributed by atoms with Crippen LogP contribution in [-0.4, -0.2) is 51.1 Å². The smallest absolute Gasteiger partial charge is 0.337 e. The Morgan fingerprint density at radius 3 is 2.60 bits per heavy atom. The number of benzene rings is 1. The molecule has 0 saturated carbocycles. The molecule has 0 aliphatic rings. The highest BCUT2D eigenvalue weighted by Crippen LogP contribution is 2.23. The Morgan fingerprint density at radius 2 is 2.10 bits per heavy atom. The second-order valence-corrected chi connectivity index (χ2v) is 6.57. The third kappa shape index (κ3) is 3.92. The van der Waals surface area contributed by atoms with Crippen molar-refractivity contribution >= 4 is 27.6 Å². The quantitative estimate of drug-likeness (QED) is 0.773. The first kappa shape index (κ1) is 16.9. The number of hydrogen-bond donors (Lipinski definition) is 1. The summed E-state index contributed by atoms with van der Waals surface area (Å²) in [7, 11) is -0.695. The Hall–Kier alpha value is -1.15. The maximum Gasteiger partial charge on any atom is 0.337 e. The minimum Gasteiger partial charge on any atom is -0.478 e. The molecule has 0 amide bonds. The molecule has 8 heteroatoms. The van der Waals surface area contributed by atoms with Crippen molar-refractivity contribution in [3.8, 4) is 0 Å². The monoisotopic (exact) mass is 321 g/mol. The van der Waals surface area contributed by atoms with E-state index in [1.165, 1.54) is 23.5 Å². The lowest BCUT2D eigenvalue weighted by atomic mass is 10.2. The molecule has 0 saturated heterocycles. The normalized spacial score (nSPS) is 11.8. The van der Waals surface area contributed by atoms with E-state index in [-0.39, 0.29) is 15.5 Å². The number of carbonyl (C=O) groups is 1. The van der Waals surface area contributed by atoms with Gasteiger partial charge in [0, 0.05) is 27.3 Å². The SMILES string of the molecule is COCCCN(C)S(=O)(=O)c1ccc(C(=O)O)c(Cl)c1. The molecule has 0 unspecified atom stereocenters. The predicted octanol–water partition coefficient (Wildman–Crippen LogP) is 1.70. The highest BCUT2D eigenvalue weighted by Gasteiger charge is 2.22. The number of halogens is 1. The van der Waals surface area contributed by atoms with E-state index in [2.05, 4.69) is 0 Å². The number of methoxy groups -OCH3 is 1. The van der Waals surface area contributed by atoms with Gasteiger partial charge in [0.25, 0.3) is 0 Å². The van der Waals surface area contributed by atoms with E-state index in [1.54, 1.807) is 7.11 Å². The lowest BCUT2D eigenvalue weighted by Gasteiger charge is -2.17. The summed E-state index contributed by atoms with van der Waals surface area (Å²) in [5.41, 5.74) is -0.132. The van der Waals surface area contributed by atoms with Gasteiger partial charge in [-0.15, -0.1) is 0 Å². The molecule has 0 aliphatic carbocycles. The highest BCUT2D eigenvalue weighted by molar-refractivity contribution is 7.89. The largest absolute Gasteiger partial charge is 0.478 e. The number of rotatable bonds is 7. The summed E-state index contributed by atoms with van der Waals surface area (Å²) in [6, 6.07) is 3.56. The number of nitrogens with zero attached hydrogens (tertiary/aromatic N) is 1.